The molecule has 4 N–H and O–H groups in total. The van der Waals surface area contributed by atoms with E-state index in [2.05, 4.69) is 11.8 Å². The van der Waals surface area contributed by atoms with Crippen LogP contribution in [0.4, 0.5) is 0 Å². The predicted molar refractivity (Wildman–Crippen MR) is 145 cm³/mol. The van der Waals surface area contributed by atoms with Crippen LogP contribution in [-0.4, -0.2) is 87.4 Å². The lowest BCUT2D eigenvalue weighted by Gasteiger charge is -2.52. The van der Waals surface area contributed by atoms with E-state index in [0.29, 0.717) is 28.7 Å². The fraction of sp³-hybridized carbons (Fsp3) is 0.621. The molecular weight excluding hydrogens is 538 g/mol. The molecule has 0 heterocycles. The number of amides is 1. The molecule has 40 heavy (non-hydrogen) atoms. The molecule has 4 aliphatic rings. The molecule has 0 bridgehead atoms. The fourth-order valence-corrected chi connectivity index (χ4v) is 8.10. The van der Waals surface area contributed by atoms with Crippen molar-refractivity contribution in [2.45, 2.75) is 69.7 Å². The number of nitrogens with two attached hydrogens (primary N) is 1. The number of hydrogen-bond donors (Lipinski definition) is 3. The Bertz CT molecular complexity index is 1310. The number of rotatable bonds is 6. The molecule has 4 aliphatic carbocycles. The standard InChI is InChI=1S/C29H36ClN3O7/c1-4-33(15-7-5-6-8-15)12-14-11-18(34)20-16(22(14)30)9-13-10-17-23(32(2)3)25(36)21(28(31)39)27(38)29(17,40)26(37)19(13)24(20)35/h11,13,15,17,19,21,23,34,40H,4-10,12H2,1-3H3,(H2,31,39)/t13-,17-,19?,21?,23-,29-/m0/s1. The zero-order valence-electron chi connectivity index (χ0n) is 23.0. The number of aliphatic hydroxyl groups is 1. The maximum atomic E-state index is 13.9. The lowest BCUT2D eigenvalue weighted by molar-refractivity contribution is -0.181. The highest BCUT2D eigenvalue weighted by atomic mass is 35.5. The number of benzene rings is 1. The Hall–Kier alpha value is -2.66. The minimum Gasteiger partial charge on any atom is -0.507 e. The summed E-state index contributed by atoms with van der Waals surface area (Å²) in [6.07, 6.45) is 4.68. The molecule has 1 aromatic rings. The van der Waals surface area contributed by atoms with Gasteiger partial charge in [0.1, 0.15) is 5.75 Å². The van der Waals surface area contributed by atoms with E-state index in [-0.39, 0.29) is 24.2 Å². The van der Waals surface area contributed by atoms with E-state index in [0.717, 1.165) is 19.4 Å². The average Bonchev–Trinajstić information content (AvgIpc) is 3.41. The molecule has 0 aromatic heterocycles. The van der Waals surface area contributed by atoms with Crippen molar-refractivity contribution in [1.29, 1.82) is 0 Å². The van der Waals surface area contributed by atoms with Gasteiger partial charge in [-0.15, -0.1) is 0 Å². The molecule has 0 spiro atoms. The van der Waals surface area contributed by atoms with Gasteiger partial charge in [-0.05, 0) is 69.4 Å². The first-order valence-electron chi connectivity index (χ1n) is 14.0. The van der Waals surface area contributed by atoms with Gasteiger partial charge in [0.25, 0.3) is 0 Å². The Morgan fingerprint density at radius 2 is 1.80 bits per heavy atom. The van der Waals surface area contributed by atoms with Crippen LogP contribution < -0.4 is 5.73 Å². The van der Waals surface area contributed by atoms with E-state index < -0.39 is 64.4 Å². The van der Waals surface area contributed by atoms with Gasteiger partial charge < -0.3 is 15.9 Å². The van der Waals surface area contributed by atoms with E-state index in [1.165, 1.54) is 23.8 Å². The fourth-order valence-electron chi connectivity index (χ4n) is 7.81. The van der Waals surface area contributed by atoms with Crippen LogP contribution in [0.2, 0.25) is 5.02 Å². The number of phenolic OH excluding ortho intramolecular Hbond substituents is 1. The molecule has 3 fully saturated rings. The highest BCUT2D eigenvalue weighted by Gasteiger charge is 2.69. The van der Waals surface area contributed by atoms with Crippen molar-refractivity contribution in [1.82, 2.24) is 9.80 Å². The maximum Gasteiger partial charge on any atom is 0.235 e. The number of carbonyl (C=O) groups is 5. The van der Waals surface area contributed by atoms with Crippen LogP contribution in [0.25, 0.3) is 0 Å². The summed E-state index contributed by atoms with van der Waals surface area (Å²) in [5.41, 5.74) is 3.67. The van der Waals surface area contributed by atoms with Gasteiger partial charge in [0.15, 0.2) is 34.7 Å². The Balaban J connectivity index is 1.55. The number of phenols is 1. The van der Waals surface area contributed by atoms with E-state index in [9.17, 15) is 34.2 Å². The second kappa shape index (κ2) is 10.3. The molecule has 3 saturated carbocycles. The maximum absolute atomic E-state index is 13.9. The van der Waals surface area contributed by atoms with Gasteiger partial charge in [0, 0.05) is 23.5 Å². The van der Waals surface area contributed by atoms with Crippen molar-refractivity contribution in [2.75, 3.05) is 20.6 Å². The monoisotopic (exact) mass is 573 g/mol. The number of primary amides is 1. The lowest BCUT2D eigenvalue weighted by atomic mass is 9.52. The number of halogens is 1. The van der Waals surface area contributed by atoms with Gasteiger partial charge in [0.2, 0.25) is 5.91 Å². The first-order chi connectivity index (χ1) is 18.8. The topological polar surface area (TPSA) is 158 Å². The van der Waals surface area contributed by atoms with E-state index in [4.69, 9.17) is 17.3 Å². The molecule has 0 saturated heterocycles. The number of likely N-dealkylation sites (N-methyl/N-ethyl adjacent to an activating group) is 1. The van der Waals surface area contributed by atoms with E-state index in [1.54, 1.807) is 14.1 Å². The van der Waals surface area contributed by atoms with Gasteiger partial charge in [-0.25, -0.2) is 0 Å². The summed E-state index contributed by atoms with van der Waals surface area (Å²) in [4.78, 5) is 70.1. The number of hydrogen-bond acceptors (Lipinski definition) is 9. The SMILES string of the molecule is CCN(Cc1cc(O)c2c(c1Cl)C[C@H]1C[C@H]3[C@H](N(C)C)C(=O)C(C(N)=O)C(=O)[C@@]3(O)C(=O)C1C2=O)C1CCCC1. The van der Waals surface area contributed by atoms with Crippen molar-refractivity contribution < 1.29 is 34.2 Å². The number of Topliss-reactive ketones (excluding diaryl/α,β-unsaturated/α-hetero) is 4. The van der Waals surface area contributed by atoms with Gasteiger partial charge in [-0.2, -0.15) is 0 Å². The van der Waals surface area contributed by atoms with Crippen LogP contribution in [-0.2, 0) is 32.1 Å². The molecule has 5 rings (SSSR count). The number of carbonyl (C=O) groups excluding carboxylic acids is 5. The second-order valence-electron chi connectivity index (χ2n) is 12.0. The van der Waals surface area contributed by atoms with Crippen molar-refractivity contribution in [3.8, 4) is 5.75 Å². The molecule has 2 unspecified atom stereocenters. The Kier molecular flexibility index (Phi) is 7.44. The highest BCUT2D eigenvalue weighted by molar-refractivity contribution is 6.34. The zero-order chi connectivity index (χ0) is 29.3. The van der Waals surface area contributed by atoms with E-state index >= 15 is 0 Å². The number of fused-ring (bicyclic) bond motifs is 3. The van der Waals surface area contributed by atoms with Gasteiger partial charge in [0.05, 0.1) is 17.5 Å². The van der Waals surface area contributed by atoms with Gasteiger partial charge in [-0.3, -0.25) is 33.8 Å². The largest absolute Gasteiger partial charge is 0.507 e. The zero-order valence-corrected chi connectivity index (χ0v) is 23.7. The van der Waals surface area contributed by atoms with Crippen LogP contribution in [0.5, 0.6) is 5.75 Å². The minimum atomic E-state index is -2.74. The van der Waals surface area contributed by atoms with Crippen molar-refractivity contribution in [3.05, 3.63) is 27.8 Å². The minimum absolute atomic E-state index is 0.00558. The molecule has 0 radical (unpaired) electrons. The van der Waals surface area contributed by atoms with Gasteiger partial charge >= 0.3 is 0 Å². The lowest BCUT2D eigenvalue weighted by Crippen LogP contribution is -2.74. The van der Waals surface area contributed by atoms with Gasteiger partial charge in [-0.1, -0.05) is 31.4 Å². The van der Waals surface area contributed by atoms with Crippen molar-refractivity contribution in [3.63, 3.8) is 0 Å². The molecular formula is C29H36ClN3O7. The first kappa shape index (κ1) is 28.9. The van der Waals surface area contributed by atoms with Crippen LogP contribution in [0.1, 0.15) is 60.5 Å². The quantitative estimate of drug-likeness (QED) is 0.426. The summed E-state index contributed by atoms with van der Waals surface area (Å²) in [7, 11) is 3.11. The summed E-state index contributed by atoms with van der Waals surface area (Å²) >= 11 is 6.89. The third kappa shape index (κ3) is 4.14. The average molecular weight is 574 g/mol. The smallest absolute Gasteiger partial charge is 0.235 e. The van der Waals surface area contributed by atoms with Crippen molar-refractivity contribution in [2.24, 2.45) is 29.4 Å². The Morgan fingerprint density at radius 3 is 2.38 bits per heavy atom. The Morgan fingerprint density at radius 1 is 1.15 bits per heavy atom. The molecule has 10 nitrogen and oxygen atoms in total. The highest BCUT2D eigenvalue weighted by Crippen LogP contribution is 2.52. The third-order valence-electron chi connectivity index (χ3n) is 9.69. The predicted octanol–water partition coefficient (Wildman–Crippen LogP) is 1.28. The van der Waals surface area contributed by atoms with Crippen LogP contribution in [0.3, 0.4) is 0 Å². The van der Waals surface area contributed by atoms with Crippen LogP contribution in [0.15, 0.2) is 6.07 Å². The molecule has 216 valence electrons. The summed E-state index contributed by atoms with van der Waals surface area (Å²) in [5.74, 6) is -10.6. The number of ketones is 4. The molecule has 6 atom stereocenters. The molecule has 1 amide bonds. The summed E-state index contributed by atoms with van der Waals surface area (Å²) in [5, 5.41) is 23.0. The summed E-state index contributed by atoms with van der Waals surface area (Å²) in [6, 6.07) is 0.756. The normalized spacial score (nSPS) is 32.4. The second-order valence-corrected chi connectivity index (χ2v) is 12.4. The molecule has 1 aromatic carbocycles. The summed E-state index contributed by atoms with van der Waals surface area (Å²) in [6.45, 7) is 3.38. The third-order valence-corrected chi connectivity index (χ3v) is 10.2. The Labute approximate surface area is 237 Å². The van der Waals surface area contributed by atoms with Crippen molar-refractivity contribution >= 4 is 40.6 Å². The first-order valence-corrected chi connectivity index (χ1v) is 14.3. The molecule has 11 heteroatoms. The van der Waals surface area contributed by atoms with Crippen LogP contribution in [0, 0.1) is 23.7 Å². The summed E-state index contributed by atoms with van der Waals surface area (Å²) < 4.78 is 0. The van der Waals surface area contributed by atoms with Crippen LogP contribution >= 0.6 is 11.6 Å². The number of nitrogens with zero attached hydrogens (tertiary/aromatic N) is 2. The number of aromatic hydroxyl groups is 1. The van der Waals surface area contributed by atoms with E-state index in [1.807, 2.05) is 0 Å². The molecule has 0 aliphatic heterocycles.